The van der Waals surface area contributed by atoms with Crippen LogP contribution in [0, 0.1) is 6.92 Å². The van der Waals surface area contributed by atoms with Crippen LogP contribution in [0.4, 0.5) is 0 Å². The van der Waals surface area contributed by atoms with E-state index in [9.17, 15) is 9.90 Å². The predicted octanol–water partition coefficient (Wildman–Crippen LogP) is 3.07. The minimum Gasteiger partial charge on any atom is -0.480 e. The number of hydrogen-bond donors (Lipinski definition) is 2. The van der Waals surface area contributed by atoms with E-state index in [0.29, 0.717) is 0 Å². The summed E-state index contributed by atoms with van der Waals surface area (Å²) in [6, 6.07) is 7.64. The normalized spacial score (nSPS) is 15.2. The highest BCUT2D eigenvalue weighted by atomic mass is 16.4. The maximum Gasteiger partial charge on any atom is 0.328 e. The largest absolute Gasteiger partial charge is 0.480 e. The topological polar surface area (TPSA) is 49.3 Å². The fraction of sp³-hybridized carbons (Fsp3) is 0.533. The third kappa shape index (κ3) is 3.10. The number of hydrogen-bond acceptors (Lipinski definition) is 2. The van der Waals surface area contributed by atoms with Crippen LogP contribution in [0.25, 0.3) is 0 Å². The van der Waals surface area contributed by atoms with Gasteiger partial charge in [-0.05, 0) is 39.7 Å². The lowest BCUT2D eigenvalue weighted by molar-refractivity contribution is -0.145. The number of rotatable bonds is 5. The second-order valence-electron chi connectivity index (χ2n) is 5.66. The Hall–Kier alpha value is -1.35. The molecule has 1 rings (SSSR count). The van der Waals surface area contributed by atoms with Crippen molar-refractivity contribution in [2.24, 2.45) is 0 Å². The molecule has 0 fully saturated rings. The van der Waals surface area contributed by atoms with Gasteiger partial charge in [-0.2, -0.15) is 0 Å². The van der Waals surface area contributed by atoms with Crippen LogP contribution >= 0.6 is 0 Å². The number of benzene rings is 1. The first-order valence-corrected chi connectivity index (χ1v) is 6.31. The first kappa shape index (κ1) is 14.7. The van der Waals surface area contributed by atoms with Crippen LogP contribution in [-0.4, -0.2) is 16.6 Å². The highest BCUT2D eigenvalue weighted by molar-refractivity contribution is 5.80. The predicted molar refractivity (Wildman–Crippen MR) is 73.7 cm³/mol. The van der Waals surface area contributed by atoms with Gasteiger partial charge in [0.25, 0.3) is 0 Å². The maximum atomic E-state index is 11.6. The second kappa shape index (κ2) is 5.11. The molecule has 2 N–H and O–H groups in total. The standard InChI is InChI=1S/C15H23NO2/c1-6-14(3,4)16-15(5,13(17)18)12-9-7-11(2)8-10-12/h7-10,16H,6H2,1-5H3,(H,17,18). The summed E-state index contributed by atoms with van der Waals surface area (Å²) in [7, 11) is 0. The molecule has 1 unspecified atom stereocenters. The number of nitrogens with one attached hydrogen (secondary N) is 1. The molecule has 3 nitrogen and oxygen atoms in total. The van der Waals surface area contributed by atoms with Gasteiger partial charge in [-0.3, -0.25) is 5.32 Å². The molecule has 0 bridgehead atoms. The van der Waals surface area contributed by atoms with E-state index in [1.165, 1.54) is 0 Å². The molecule has 0 aromatic heterocycles. The number of carboxylic acid groups (broad SMARTS) is 1. The molecule has 1 atom stereocenters. The van der Waals surface area contributed by atoms with Crippen LogP contribution in [0.1, 0.15) is 45.2 Å². The van der Waals surface area contributed by atoms with E-state index in [1.54, 1.807) is 6.92 Å². The summed E-state index contributed by atoms with van der Waals surface area (Å²) in [5.74, 6) is -0.854. The van der Waals surface area contributed by atoms with Crippen LogP contribution in [0.2, 0.25) is 0 Å². The zero-order valence-corrected chi connectivity index (χ0v) is 11.9. The van der Waals surface area contributed by atoms with E-state index in [4.69, 9.17) is 0 Å². The lowest BCUT2D eigenvalue weighted by Gasteiger charge is -2.36. The van der Waals surface area contributed by atoms with E-state index < -0.39 is 11.5 Å². The van der Waals surface area contributed by atoms with Gasteiger partial charge in [-0.1, -0.05) is 36.8 Å². The Labute approximate surface area is 109 Å². The van der Waals surface area contributed by atoms with Gasteiger partial charge < -0.3 is 5.11 Å². The smallest absolute Gasteiger partial charge is 0.328 e. The molecule has 1 aromatic rings. The zero-order valence-electron chi connectivity index (χ0n) is 11.9. The fourth-order valence-electron chi connectivity index (χ4n) is 1.90. The quantitative estimate of drug-likeness (QED) is 0.843. The van der Waals surface area contributed by atoms with Crippen molar-refractivity contribution in [3.63, 3.8) is 0 Å². The van der Waals surface area contributed by atoms with Crippen LogP contribution in [0.15, 0.2) is 24.3 Å². The Balaban J connectivity index is 3.15. The SMILES string of the molecule is CCC(C)(C)NC(C)(C(=O)O)c1ccc(C)cc1. The highest BCUT2D eigenvalue weighted by Crippen LogP contribution is 2.26. The molecular weight excluding hydrogens is 226 g/mol. The summed E-state index contributed by atoms with van der Waals surface area (Å²) in [6.07, 6.45) is 0.863. The molecule has 0 saturated carbocycles. The van der Waals surface area contributed by atoms with Crippen molar-refractivity contribution in [2.45, 2.75) is 52.1 Å². The van der Waals surface area contributed by atoms with Crippen LogP contribution in [-0.2, 0) is 10.3 Å². The highest BCUT2D eigenvalue weighted by Gasteiger charge is 2.38. The van der Waals surface area contributed by atoms with Crippen LogP contribution < -0.4 is 5.32 Å². The number of carbonyl (C=O) groups is 1. The third-order valence-corrected chi connectivity index (χ3v) is 3.53. The Bertz CT molecular complexity index is 423. The van der Waals surface area contributed by atoms with E-state index in [2.05, 4.69) is 5.32 Å². The van der Waals surface area contributed by atoms with E-state index in [0.717, 1.165) is 17.5 Å². The third-order valence-electron chi connectivity index (χ3n) is 3.53. The molecule has 0 amide bonds. The maximum absolute atomic E-state index is 11.6. The molecule has 0 spiro atoms. The van der Waals surface area contributed by atoms with E-state index in [-0.39, 0.29) is 5.54 Å². The summed E-state index contributed by atoms with van der Waals surface area (Å²) < 4.78 is 0. The van der Waals surface area contributed by atoms with Gasteiger partial charge in [0.05, 0.1) is 0 Å². The molecule has 0 heterocycles. The first-order chi connectivity index (χ1) is 8.21. The molecule has 0 aliphatic heterocycles. The Morgan fingerprint density at radius 1 is 1.22 bits per heavy atom. The Kier molecular flexibility index (Phi) is 4.17. The molecular formula is C15H23NO2. The molecule has 0 aliphatic rings. The second-order valence-corrected chi connectivity index (χ2v) is 5.66. The number of aliphatic carboxylic acids is 1. The molecule has 18 heavy (non-hydrogen) atoms. The summed E-state index contributed by atoms with van der Waals surface area (Å²) in [5.41, 5.74) is 0.619. The summed E-state index contributed by atoms with van der Waals surface area (Å²) in [5, 5.41) is 12.8. The van der Waals surface area contributed by atoms with Crippen LogP contribution in [0.5, 0.6) is 0 Å². The van der Waals surface area contributed by atoms with Crippen molar-refractivity contribution in [3.05, 3.63) is 35.4 Å². The van der Waals surface area contributed by atoms with Gasteiger partial charge in [0.2, 0.25) is 0 Å². The minimum atomic E-state index is -1.06. The van der Waals surface area contributed by atoms with Crippen molar-refractivity contribution in [2.75, 3.05) is 0 Å². The van der Waals surface area contributed by atoms with Gasteiger partial charge >= 0.3 is 5.97 Å². The summed E-state index contributed by atoms with van der Waals surface area (Å²) in [6.45, 7) is 9.79. The van der Waals surface area contributed by atoms with Gasteiger partial charge in [0, 0.05) is 5.54 Å². The lowest BCUT2D eigenvalue weighted by atomic mass is 9.87. The van der Waals surface area contributed by atoms with Gasteiger partial charge in [-0.15, -0.1) is 0 Å². The summed E-state index contributed by atoms with van der Waals surface area (Å²) in [4.78, 5) is 11.6. The van der Waals surface area contributed by atoms with Crippen molar-refractivity contribution in [3.8, 4) is 0 Å². The Morgan fingerprint density at radius 3 is 2.11 bits per heavy atom. The average molecular weight is 249 g/mol. The van der Waals surface area contributed by atoms with Gasteiger partial charge in [0.15, 0.2) is 0 Å². The van der Waals surface area contributed by atoms with E-state index in [1.807, 2.05) is 52.0 Å². The molecule has 0 radical (unpaired) electrons. The van der Waals surface area contributed by atoms with Crippen molar-refractivity contribution >= 4 is 5.97 Å². The number of aryl methyl sites for hydroxylation is 1. The Morgan fingerprint density at radius 2 is 1.72 bits per heavy atom. The lowest BCUT2D eigenvalue weighted by Crippen LogP contribution is -2.55. The van der Waals surface area contributed by atoms with Crippen molar-refractivity contribution in [1.82, 2.24) is 5.32 Å². The van der Waals surface area contributed by atoms with Crippen molar-refractivity contribution in [1.29, 1.82) is 0 Å². The molecule has 3 heteroatoms. The van der Waals surface area contributed by atoms with Crippen molar-refractivity contribution < 1.29 is 9.90 Å². The number of carboxylic acids is 1. The average Bonchev–Trinajstić information content (AvgIpc) is 2.29. The first-order valence-electron chi connectivity index (χ1n) is 6.31. The van der Waals surface area contributed by atoms with Crippen LogP contribution in [0.3, 0.4) is 0 Å². The zero-order chi connectivity index (χ0) is 14.0. The van der Waals surface area contributed by atoms with Gasteiger partial charge in [-0.25, -0.2) is 4.79 Å². The van der Waals surface area contributed by atoms with E-state index >= 15 is 0 Å². The monoisotopic (exact) mass is 249 g/mol. The molecule has 0 saturated heterocycles. The van der Waals surface area contributed by atoms with Gasteiger partial charge in [0.1, 0.15) is 5.54 Å². The molecule has 100 valence electrons. The molecule has 1 aromatic carbocycles. The fourth-order valence-corrected chi connectivity index (χ4v) is 1.90. The summed E-state index contributed by atoms with van der Waals surface area (Å²) >= 11 is 0. The molecule has 0 aliphatic carbocycles. The minimum absolute atomic E-state index is 0.224.